The number of carbonyl (C=O) groups excluding carboxylic acids is 1. The Morgan fingerprint density at radius 2 is 1.92 bits per heavy atom. The van der Waals surface area contributed by atoms with Crippen molar-refractivity contribution < 1.29 is 4.79 Å². The van der Waals surface area contributed by atoms with Crippen LogP contribution in [0, 0.1) is 6.92 Å². The predicted octanol–water partition coefficient (Wildman–Crippen LogP) is 4.98. The van der Waals surface area contributed by atoms with Gasteiger partial charge in [-0.05, 0) is 87.1 Å². The van der Waals surface area contributed by atoms with Gasteiger partial charge in [-0.1, -0.05) is 6.07 Å². The molecule has 2 aromatic heterocycles. The molecule has 8 nitrogen and oxygen atoms in total. The summed E-state index contributed by atoms with van der Waals surface area (Å²) in [4.78, 5) is 30.7. The van der Waals surface area contributed by atoms with E-state index in [1.807, 2.05) is 67.6 Å². The molecule has 37 heavy (non-hydrogen) atoms. The Morgan fingerprint density at radius 1 is 1.08 bits per heavy atom. The molecule has 2 N–H and O–H groups in total. The molecule has 1 aliphatic rings. The van der Waals surface area contributed by atoms with Gasteiger partial charge in [-0.2, -0.15) is 0 Å². The van der Waals surface area contributed by atoms with E-state index < -0.39 is 0 Å². The van der Waals surface area contributed by atoms with Crippen LogP contribution in [-0.2, 0) is 0 Å². The molecule has 5 rings (SSSR count). The number of hydrogen-bond acceptors (Lipinski definition) is 7. The first-order valence-corrected chi connectivity index (χ1v) is 12.4. The van der Waals surface area contributed by atoms with Crippen LogP contribution in [-0.4, -0.2) is 59.0 Å². The van der Waals surface area contributed by atoms with Gasteiger partial charge in [0.25, 0.3) is 5.91 Å². The normalized spacial score (nSPS) is 15.4. The summed E-state index contributed by atoms with van der Waals surface area (Å²) < 4.78 is 0. The van der Waals surface area contributed by atoms with E-state index in [1.165, 1.54) is 0 Å². The van der Waals surface area contributed by atoms with Crippen molar-refractivity contribution in [3.8, 4) is 11.3 Å². The number of aromatic nitrogens is 3. The summed E-state index contributed by atoms with van der Waals surface area (Å²) in [7, 11) is 4.27. The smallest absolute Gasteiger partial charge is 0.255 e. The van der Waals surface area contributed by atoms with Crippen molar-refractivity contribution in [1.82, 2.24) is 19.9 Å². The van der Waals surface area contributed by atoms with Crippen molar-refractivity contribution in [2.75, 3.05) is 42.7 Å². The molecule has 188 valence electrons. The number of aryl methyl sites for hydroxylation is 1. The van der Waals surface area contributed by atoms with Crippen LogP contribution in [0.5, 0.6) is 0 Å². The second-order valence-electron chi connectivity index (χ2n) is 9.48. The molecular weight excluding hydrogens is 462 g/mol. The molecule has 1 saturated heterocycles. The lowest BCUT2D eigenvalue weighted by Crippen LogP contribution is -2.33. The molecule has 8 heteroatoms. The highest BCUT2D eigenvalue weighted by molar-refractivity contribution is 6.04. The Kier molecular flexibility index (Phi) is 7.09. The van der Waals surface area contributed by atoms with Gasteiger partial charge < -0.3 is 20.4 Å². The van der Waals surface area contributed by atoms with E-state index in [9.17, 15) is 4.79 Å². The van der Waals surface area contributed by atoms with E-state index in [-0.39, 0.29) is 5.91 Å². The number of likely N-dealkylation sites (tertiary alicyclic amines) is 1. The minimum absolute atomic E-state index is 0.153. The van der Waals surface area contributed by atoms with Crippen molar-refractivity contribution in [2.24, 2.45) is 0 Å². The van der Waals surface area contributed by atoms with Crippen molar-refractivity contribution in [3.63, 3.8) is 0 Å². The fourth-order valence-corrected chi connectivity index (χ4v) is 4.54. The highest BCUT2D eigenvalue weighted by Gasteiger charge is 2.23. The number of nitrogens with zero attached hydrogens (tertiary/aromatic N) is 5. The fraction of sp³-hybridized carbons (Fsp3) is 0.241. The third kappa shape index (κ3) is 5.76. The van der Waals surface area contributed by atoms with Gasteiger partial charge in [0.2, 0.25) is 5.95 Å². The van der Waals surface area contributed by atoms with Crippen LogP contribution in [0.4, 0.5) is 23.0 Å². The number of hydrogen-bond donors (Lipinski definition) is 2. The maximum atomic E-state index is 13.0. The van der Waals surface area contributed by atoms with Crippen molar-refractivity contribution in [1.29, 1.82) is 0 Å². The van der Waals surface area contributed by atoms with Gasteiger partial charge in [-0.25, -0.2) is 9.97 Å². The molecule has 0 spiro atoms. The van der Waals surface area contributed by atoms with E-state index in [0.29, 0.717) is 23.2 Å². The summed E-state index contributed by atoms with van der Waals surface area (Å²) in [6.07, 6.45) is 6.36. The lowest BCUT2D eigenvalue weighted by Gasteiger charge is -2.26. The molecule has 1 amide bonds. The maximum Gasteiger partial charge on any atom is 0.255 e. The highest BCUT2D eigenvalue weighted by atomic mass is 16.1. The Bertz CT molecular complexity index is 1370. The van der Waals surface area contributed by atoms with Gasteiger partial charge in [-0.15, -0.1) is 0 Å². The summed E-state index contributed by atoms with van der Waals surface area (Å²) in [5.74, 6) is 0.320. The van der Waals surface area contributed by atoms with Crippen LogP contribution in [0.2, 0.25) is 0 Å². The molecule has 1 atom stereocenters. The maximum absolute atomic E-state index is 13.0. The van der Waals surface area contributed by atoms with Crippen LogP contribution in [0.3, 0.4) is 0 Å². The molecular formula is C29H31N7O. The summed E-state index contributed by atoms with van der Waals surface area (Å²) in [6.45, 7) is 4.17. The molecule has 1 aliphatic heterocycles. The number of nitrogens with one attached hydrogen (secondary N) is 2. The number of anilines is 4. The number of likely N-dealkylation sites (N-methyl/N-ethyl adjacent to an activating group) is 2. The van der Waals surface area contributed by atoms with Crippen LogP contribution in [0.15, 0.2) is 79.3 Å². The molecule has 0 aliphatic carbocycles. The second kappa shape index (κ2) is 10.8. The lowest BCUT2D eigenvalue weighted by atomic mass is 10.1. The fourth-order valence-electron chi connectivity index (χ4n) is 4.54. The molecule has 1 unspecified atom stereocenters. The molecule has 0 bridgehead atoms. The van der Waals surface area contributed by atoms with Crippen LogP contribution in [0.25, 0.3) is 11.3 Å². The number of rotatable bonds is 7. The molecule has 4 aromatic rings. The predicted molar refractivity (Wildman–Crippen MR) is 148 cm³/mol. The number of benzene rings is 2. The molecule has 2 aromatic carbocycles. The standard InChI is InChI=1S/C29H31N7O/c1-20-6-9-23(17-27(20)34-29-31-15-12-26(33-29)22-5-4-14-30-18-22)32-28(37)21-7-10-24(11-8-21)36(3)25-13-16-35(2)19-25/h4-12,14-15,17-18,25H,13,16,19H2,1-3H3,(H,32,37)(H,31,33,34). The summed E-state index contributed by atoms with van der Waals surface area (Å²) in [5, 5.41) is 6.29. The Balaban J connectivity index is 1.27. The number of amides is 1. The summed E-state index contributed by atoms with van der Waals surface area (Å²) in [5.41, 5.74) is 5.95. The largest absolute Gasteiger partial charge is 0.370 e. The molecule has 0 saturated carbocycles. The highest BCUT2D eigenvalue weighted by Crippen LogP contribution is 2.25. The van der Waals surface area contributed by atoms with Gasteiger partial charge >= 0.3 is 0 Å². The van der Waals surface area contributed by atoms with E-state index in [0.717, 1.165) is 47.7 Å². The quantitative estimate of drug-likeness (QED) is 0.375. The van der Waals surface area contributed by atoms with Gasteiger partial charge in [0.1, 0.15) is 0 Å². The van der Waals surface area contributed by atoms with Crippen molar-refractivity contribution in [2.45, 2.75) is 19.4 Å². The molecule has 0 radical (unpaired) electrons. The first kappa shape index (κ1) is 24.4. The van der Waals surface area contributed by atoms with Crippen molar-refractivity contribution >= 4 is 28.9 Å². The third-order valence-corrected chi connectivity index (χ3v) is 6.81. The second-order valence-corrected chi connectivity index (χ2v) is 9.48. The average Bonchev–Trinajstić information content (AvgIpc) is 3.37. The third-order valence-electron chi connectivity index (χ3n) is 6.81. The minimum atomic E-state index is -0.153. The average molecular weight is 494 g/mol. The van der Waals surface area contributed by atoms with Crippen LogP contribution < -0.4 is 15.5 Å². The minimum Gasteiger partial charge on any atom is -0.370 e. The van der Waals surface area contributed by atoms with Crippen LogP contribution in [0.1, 0.15) is 22.3 Å². The zero-order valence-electron chi connectivity index (χ0n) is 21.3. The zero-order chi connectivity index (χ0) is 25.8. The SMILES string of the molecule is Cc1ccc(NC(=O)c2ccc(N(C)C3CCN(C)C3)cc2)cc1Nc1nccc(-c2cccnc2)n1. The Hall–Kier alpha value is -4.30. The van der Waals surface area contributed by atoms with Gasteiger partial charge in [0.15, 0.2) is 0 Å². The molecule has 3 heterocycles. The number of pyridine rings is 1. The van der Waals surface area contributed by atoms with E-state index in [4.69, 9.17) is 0 Å². The lowest BCUT2D eigenvalue weighted by molar-refractivity contribution is 0.102. The van der Waals surface area contributed by atoms with Gasteiger partial charge in [0, 0.05) is 66.4 Å². The van der Waals surface area contributed by atoms with E-state index >= 15 is 0 Å². The number of carbonyl (C=O) groups is 1. The molecule has 1 fully saturated rings. The monoisotopic (exact) mass is 493 g/mol. The van der Waals surface area contributed by atoms with Gasteiger partial charge in [-0.3, -0.25) is 9.78 Å². The topological polar surface area (TPSA) is 86.3 Å². The van der Waals surface area contributed by atoms with Crippen molar-refractivity contribution in [3.05, 3.63) is 90.4 Å². The van der Waals surface area contributed by atoms with E-state index in [1.54, 1.807) is 18.6 Å². The van der Waals surface area contributed by atoms with E-state index in [2.05, 4.69) is 49.5 Å². The van der Waals surface area contributed by atoms with Crippen LogP contribution >= 0.6 is 0 Å². The zero-order valence-corrected chi connectivity index (χ0v) is 21.3. The first-order chi connectivity index (χ1) is 18.0. The Morgan fingerprint density at radius 3 is 2.65 bits per heavy atom. The van der Waals surface area contributed by atoms with Gasteiger partial charge in [0.05, 0.1) is 5.69 Å². The summed E-state index contributed by atoms with van der Waals surface area (Å²) in [6, 6.07) is 19.7. The summed E-state index contributed by atoms with van der Waals surface area (Å²) >= 11 is 0. The Labute approximate surface area is 217 Å². The first-order valence-electron chi connectivity index (χ1n) is 12.4.